The van der Waals surface area contributed by atoms with Crippen LogP contribution in [0.2, 0.25) is 10.0 Å². The van der Waals surface area contributed by atoms with Gasteiger partial charge in [0.15, 0.2) is 5.78 Å². The molecule has 0 radical (unpaired) electrons. The average molecular weight is 380 g/mol. The Morgan fingerprint density at radius 3 is 2.48 bits per heavy atom. The number of ketones is 1. The van der Waals surface area contributed by atoms with Crippen LogP contribution in [0.15, 0.2) is 42.5 Å². The van der Waals surface area contributed by atoms with Gasteiger partial charge in [0.05, 0.1) is 10.6 Å². The molecule has 3 rings (SSSR count). The van der Waals surface area contributed by atoms with Crippen LogP contribution in [0.3, 0.4) is 0 Å². The van der Waals surface area contributed by atoms with Crippen LogP contribution in [0.25, 0.3) is 0 Å². The van der Waals surface area contributed by atoms with Crippen molar-refractivity contribution < 1.29 is 14.0 Å². The molecule has 0 bridgehead atoms. The number of amides is 1. The summed E-state index contributed by atoms with van der Waals surface area (Å²) in [5.74, 6) is -1.47. The van der Waals surface area contributed by atoms with Gasteiger partial charge in [-0.2, -0.15) is 0 Å². The second kappa shape index (κ2) is 7.54. The molecule has 130 valence electrons. The summed E-state index contributed by atoms with van der Waals surface area (Å²) in [6, 6.07) is 10.8. The minimum atomic E-state index is -0.649. The lowest BCUT2D eigenvalue weighted by Gasteiger charge is -2.32. The Balaban J connectivity index is 1.78. The summed E-state index contributed by atoms with van der Waals surface area (Å²) in [7, 11) is 0. The molecule has 0 spiro atoms. The van der Waals surface area contributed by atoms with E-state index in [1.54, 1.807) is 24.3 Å². The van der Waals surface area contributed by atoms with Gasteiger partial charge in [-0.05, 0) is 49.2 Å². The minimum Gasteiger partial charge on any atom is -0.338 e. The Morgan fingerprint density at radius 1 is 1.08 bits per heavy atom. The van der Waals surface area contributed by atoms with Gasteiger partial charge in [-0.15, -0.1) is 0 Å². The Labute approximate surface area is 155 Å². The molecule has 0 aliphatic carbocycles. The van der Waals surface area contributed by atoms with Crippen LogP contribution in [0, 0.1) is 11.7 Å². The lowest BCUT2D eigenvalue weighted by molar-refractivity contribution is 0.0633. The fourth-order valence-corrected chi connectivity index (χ4v) is 3.46. The van der Waals surface area contributed by atoms with Crippen LogP contribution in [-0.4, -0.2) is 29.7 Å². The van der Waals surface area contributed by atoms with Gasteiger partial charge in [0.25, 0.3) is 5.91 Å². The Bertz CT molecular complexity index is 787. The van der Waals surface area contributed by atoms with Gasteiger partial charge in [-0.1, -0.05) is 29.3 Å². The Hall–Kier alpha value is -1.91. The van der Waals surface area contributed by atoms with Crippen molar-refractivity contribution in [3.8, 4) is 0 Å². The third kappa shape index (κ3) is 3.86. The summed E-state index contributed by atoms with van der Waals surface area (Å²) in [6.07, 6.45) is 1.37. The molecule has 2 aromatic carbocycles. The molecule has 25 heavy (non-hydrogen) atoms. The highest BCUT2D eigenvalue weighted by molar-refractivity contribution is 6.33. The van der Waals surface area contributed by atoms with E-state index in [-0.39, 0.29) is 28.8 Å². The van der Waals surface area contributed by atoms with Crippen LogP contribution in [0.5, 0.6) is 0 Å². The molecule has 1 heterocycles. The summed E-state index contributed by atoms with van der Waals surface area (Å²) in [5.41, 5.74) is 0.427. The zero-order valence-electron chi connectivity index (χ0n) is 13.3. The van der Waals surface area contributed by atoms with Gasteiger partial charge in [0.2, 0.25) is 0 Å². The molecule has 1 unspecified atom stereocenters. The maximum atomic E-state index is 14.0. The molecule has 1 atom stereocenters. The van der Waals surface area contributed by atoms with Crippen molar-refractivity contribution in [2.45, 2.75) is 12.8 Å². The number of hydrogen-bond acceptors (Lipinski definition) is 2. The second-order valence-corrected chi connectivity index (χ2v) is 6.90. The monoisotopic (exact) mass is 379 g/mol. The van der Waals surface area contributed by atoms with Gasteiger partial charge >= 0.3 is 0 Å². The van der Waals surface area contributed by atoms with Gasteiger partial charge < -0.3 is 4.90 Å². The highest BCUT2D eigenvalue weighted by atomic mass is 35.5. The van der Waals surface area contributed by atoms with E-state index < -0.39 is 11.7 Å². The number of carbonyl (C=O) groups is 2. The summed E-state index contributed by atoms with van der Waals surface area (Å²) in [6.45, 7) is 0.735. The van der Waals surface area contributed by atoms with Crippen LogP contribution in [-0.2, 0) is 0 Å². The molecule has 6 heteroatoms. The van der Waals surface area contributed by atoms with Crippen molar-refractivity contribution in [2.75, 3.05) is 13.1 Å². The Morgan fingerprint density at radius 2 is 1.80 bits per heavy atom. The van der Waals surface area contributed by atoms with Crippen molar-refractivity contribution >= 4 is 34.9 Å². The molecular weight excluding hydrogens is 364 g/mol. The van der Waals surface area contributed by atoms with Crippen molar-refractivity contribution in [1.29, 1.82) is 0 Å². The zero-order chi connectivity index (χ0) is 18.0. The first-order valence-corrected chi connectivity index (χ1v) is 8.76. The highest BCUT2D eigenvalue weighted by Crippen LogP contribution is 2.26. The van der Waals surface area contributed by atoms with E-state index in [4.69, 9.17) is 23.2 Å². The Kier molecular flexibility index (Phi) is 5.40. The number of nitrogens with zero attached hydrogens (tertiary/aromatic N) is 1. The van der Waals surface area contributed by atoms with Crippen LogP contribution in [0.4, 0.5) is 4.39 Å². The standard InChI is InChI=1S/C19H16Cl2FNO2/c20-14-8-6-12(7-9-14)18(24)13-3-2-10-23(11-13)19(25)17-15(21)4-1-5-16(17)22/h1,4-9,13H,2-3,10-11H2. The first-order chi connectivity index (χ1) is 12.0. The fourth-order valence-electron chi connectivity index (χ4n) is 3.09. The second-order valence-electron chi connectivity index (χ2n) is 6.06. The molecule has 0 saturated carbocycles. The summed E-state index contributed by atoms with van der Waals surface area (Å²) >= 11 is 11.8. The predicted octanol–water partition coefficient (Wildman–Crippen LogP) is 4.87. The number of hydrogen-bond donors (Lipinski definition) is 0. The molecule has 1 fully saturated rings. The van der Waals surface area contributed by atoms with Crippen LogP contribution in [0.1, 0.15) is 33.6 Å². The molecule has 0 aromatic heterocycles. The summed E-state index contributed by atoms with van der Waals surface area (Å²) < 4.78 is 14.0. The van der Waals surface area contributed by atoms with Crippen molar-refractivity contribution in [3.05, 3.63) is 69.5 Å². The minimum absolute atomic E-state index is 0.0335. The van der Waals surface area contributed by atoms with Gasteiger partial charge in [0, 0.05) is 29.6 Å². The van der Waals surface area contributed by atoms with Gasteiger partial charge in [-0.3, -0.25) is 9.59 Å². The van der Waals surface area contributed by atoms with Crippen molar-refractivity contribution in [3.63, 3.8) is 0 Å². The molecule has 1 aliphatic rings. The van der Waals surface area contributed by atoms with E-state index in [9.17, 15) is 14.0 Å². The van der Waals surface area contributed by atoms with E-state index in [0.717, 1.165) is 0 Å². The number of rotatable bonds is 3. The number of likely N-dealkylation sites (tertiary alicyclic amines) is 1. The van der Waals surface area contributed by atoms with Crippen LogP contribution >= 0.6 is 23.2 Å². The van der Waals surface area contributed by atoms with Crippen molar-refractivity contribution in [1.82, 2.24) is 4.90 Å². The smallest absolute Gasteiger partial charge is 0.258 e. The third-order valence-corrected chi connectivity index (χ3v) is 4.95. The average Bonchev–Trinajstić information content (AvgIpc) is 2.61. The van der Waals surface area contributed by atoms with Crippen molar-refractivity contribution in [2.24, 2.45) is 5.92 Å². The SMILES string of the molecule is O=C(c1ccc(Cl)cc1)C1CCCN(C(=O)c2c(F)cccc2Cl)C1. The normalized spacial score (nSPS) is 17.4. The van der Waals surface area contributed by atoms with Gasteiger partial charge in [-0.25, -0.2) is 4.39 Å². The molecule has 3 nitrogen and oxygen atoms in total. The molecule has 1 amide bonds. The number of Topliss-reactive ketones (excluding diaryl/α,β-unsaturated/α-hetero) is 1. The topological polar surface area (TPSA) is 37.4 Å². The fraction of sp³-hybridized carbons (Fsp3) is 0.263. The lowest BCUT2D eigenvalue weighted by Crippen LogP contribution is -2.42. The van der Waals surface area contributed by atoms with E-state index in [1.807, 2.05) is 0 Å². The number of carbonyl (C=O) groups excluding carboxylic acids is 2. The zero-order valence-corrected chi connectivity index (χ0v) is 14.9. The molecule has 2 aromatic rings. The predicted molar refractivity (Wildman–Crippen MR) is 95.8 cm³/mol. The number of piperidine rings is 1. The number of benzene rings is 2. The third-order valence-electron chi connectivity index (χ3n) is 4.38. The molecular formula is C19H16Cl2FNO2. The highest BCUT2D eigenvalue weighted by Gasteiger charge is 2.31. The molecule has 1 aliphatic heterocycles. The first-order valence-electron chi connectivity index (χ1n) is 8.00. The summed E-state index contributed by atoms with van der Waals surface area (Å²) in [4.78, 5) is 26.8. The maximum Gasteiger partial charge on any atom is 0.258 e. The summed E-state index contributed by atoms with van der Waals surface area (Å²) in [5, 5.41) is 0.641. The largest absolute Gasteiger partial charge is 0.338 e. The van der Waals surface area contributed by atoms with E-state index >= 15 is 0 Å². The van der Waals surface area contributed by atoms with E-state index in [1.165, 1.54) is 23.1 Å². The van der Waals surface area contributed by atoms with Crippen LogP contribution < -0.4 is 0 Å². The first kappa shape index (κ1) is 17.9. The lowest BCUT2D eigenvalue weighted by atomic mass is 9.89. The van der Waals surface area contributed by atoms with E-state index in [2.05, 4.69) is 0 Å². The molecule has 0 N–H and O–H groups in total. The van der Waals surface area contributed by atoms with Gasteiger partial charge in [0.1, 0.15) is 5.82 Å². The maximum absolute atomic E-state index is 14.0. The number of halogens is 3. The molecule has 1 saturated heterocycles. The van der Waals surface area contributed by atoms with E-state index in [0.29, 0.717) is 30.0 Å². The quantitative estimate of drug-likeness (QED) is 0.713.